The maximum atomic E-state index is 10.7. The molecule has 0 fully saturated rings. The molecule has 3 heteroatoms. The van der Waals surface area contributed by atoms with Crippen molar-refractivity contribution in [1.29, 1.82) is 0 Å². The molecule has 12 heavy (non-hydrogen) atoms. The van der Waals surface area contributed by atoms with E-state index in [0.717, 1.165) is 12.8 Å². The van der Waals surface area contributed by atoms with Gasteiger partial charge in [-0.2, -0.15) is 0 Å². The molecule has 0 aromatic carbocycles. The van der Waals surface area contributed by atoms with Crippen molar-refractivity contribution in [2.24, 2.45) is 11.3 Å². The van der Waals surface area contributed by atoms with Crippen LogP contribution in [0.1, 0.15) is 40.5 Å². The molecule has 0 aromatic heterocycles. The van der Waals surface area contributed by atoms with Gasteiger partial charge in [0.1, 0.15) is 0 Å². The minimum atomic E-state index is -0.696. The topological polar surface area (TPSA) is 37.3 Å². The molecule has 70 valence electrons. The molecule has 0 aliphatic rings. The molecule has 0 aliphatic carbocycles. The van der Waals surface area contributed by atoms with Crippen molar-refractivity contribution in [3.05, 3.63) is 0 Å². The summed E-state index contributed by atoms with van der Waals surface area (Å²) in [6, 6.07) is 0. The Balaban J connectivity index is 0. The Labute approximate surface area is 105 Å². The van der Waals surface area contributed by atoms with Crippen LogP contribution in [0, 0.1) is 11.3 Å². The SMILES string of the molecule is CCCC(C)C(C)(C)C(=O)O.[CaH2]. The van der Waals surface area contributed by atoms with E-state index in [-0.39, 0.29) is 43.7 Å². The minimum absolute atomic E-state index is 0. The van der Waals surface area contributed by atoms with Gasteiger partial charge in [0, 0.05) is 0 Å². The molecule has 0 bridgehead atoms. The van der Waals surface area contributed by atoms with Crippen LogP contribution in [0.3, 0.4) is 0 Å². The van der Waals surface area contributed by atoms with Crippen LogP contribution in [0.15, 0.2) is 0 Å². The maximum absolute atomic E-state index is 10.7. The van der Waals surface area contributed by atoms with Gasteiger partial charge in [0.05, 0.1) is 5.41 Å². The van der Waals surface area contributed by atoms with E-state index in [4.69, 9.17) is 5.11 Å². The fraction of sp³-hybridized carbons (Fsp3) is 0.889. The van der Waals surface area contributed by atoms with E-state index in [0.29, 0.717) is 0 Å². The first-order chi connectivity index (χ1) is 4.92. The molecule has 0 aromatic rings. The molecule has 1 atom stereocenters. The van der Waals surface area contributed by atoms with Gasteiger partial charge in [-0.25, -0.2) is 0 Å². The quantitative estimate of drug-likeness (QED) is 0.700. The van der Waals surface area contributed by atoms with Crippen LogP contribution >= 0.6 is 0 Å². The van der Waals surface area contributed by atoms with Crippen LogP contribution in [0.25, 0.3) is 0 Å². The summed E-state index contributed by atoms with van der Waals surface area (Å²) in [6.45, 7) is 7.65. The normalized spacial score (nSPS) is 13.3. The van der Waals surface area contributed by atoms with E-state index in [1.807, 2.05) is 6.92 Å². The predicted molar refractivity (Wildman–Crippen MR) is 54.0 cm³/mol. The number of carboxylic acids is 1. The van der Waals surface area contributed by atoms with Gasteiger partial charge in [-0.1, -0.05) is 20.3 Å². The van der Waals surface area contributed by atoms with Gasteiger partial charge < -0.3 is 5.11 Å². The van der Waals surface area contributed by atoms with Gasteiger partial charge in [0.25, 0.3) is 0 Å². The van der Waals surface area contributed by atoms with Gasteiger partial charge in [0.15, 0.2) is 0 Å². The average Bonchev–Trinajstić information content (AvgIpc) is 1.88. The van der Waals surface area contributed by atoms with E-state index in [2.05, 4.69) is 6.92 Å². The third kappa shape index (κ3) is 4.11. The third-order valence-corrected chi connectivity index (χ3v) is 2.50. The second-order valence-corrected chi connectivity index (χ2v) is 3.72. The van der Waals surface area contributed by atoms with Crippen LogP contribution in [0.2, 0.25) is 0 Å². The zero-order valence-corrected chi connectivity index (χ0v) is 7.85. The van der Waals surface area contributed by atoms with Crippen molar-refractivity contribution >= 4 is 43.7 Å². The Morgan fingerprint density at radius 3 is 2.17 bits per heavy atom. The molecule has 1 unspecified atom stereocenters. The van der Waals surface area contributed by atoms with E-state index in [1.54, 1.807) is 13.8 Å². The zero-order valence-electron chi connectivity index (χ0n) is 7.85. The number of rotatable bonds is 4. The summed E-state index contributed by atoms with van der Waals surface area (Å²) in [4.78, 5) is 10.7. The predicted octanol–water partition coefficient (Wildman–Crippen LogP) is 1.62. The molecule has 0 spiro atoms. The van der Waals surface area contributed by atoms with Crippen molar-refractivity contribution in [2.45, 2.75) is 40.5 Å². The molecule has 0 amide bonds. The van der Waals surface area contributed by atoms with Crippen LogP contribution in [-0.2, 0) is 4.79 Å². The number of hydrogen-bond donors (Lipinski definition) is 1. The first kappa shape index (κ1) is 15.2. The molecule has 0 saturated carbocycles. The summed E-state index contributed by atoms with van der Waals surface area (Å²) in [5, 5.41) is 8.84. The van der Waals surface area contributed by atoms with E-state index in [9.17, 15) is 4.79 Å². The number of hydrogen-bond acceptors (Lipinski definition) is 1. The third-order valence-electron chi connectivity index (χ3n) is 2.50. The molecule has 0 saturated heterocycles. The van der Waals surface area contributed by atoms with Crippen LogP contribution in [0.5, 0.6) is 0 Å². The van der Waals surface area contributed by atoms with Gasteiger partial charge in [-0.05, 0) is 26.2 Å². The van der Waals surface area contributed by atoms with Gasteiger partial charge in [-0.15, -0.1) is 0 Å². The monoisotopic (exact) mass is 200 g/mol. The fourth-order valence-electron chi connectivity index (χ4n) is 1.00. The van der Waals surface area contributed by atoms with Gasteiger partial charge in [-0.3, -0.25) is 4.79 Å². The first-order valence-electron chi connectivity index (χ1n) is 4.16. The Hall–Kier alpha value is 0.730. The zero-order chi connectivity index (χ0) is 9.07. The number of carboxylic acid groups (broad SMARTS) is 1. The standard InChI is InChI=1S/C9H18O2.Ca.2H/c1-5-6-7(2)9(3,4)8(10)11;;;/h7H,5-6H2,1-4H3,(H,10,11);;;. The van der Waals surface area contributed by atoms with Crippen molar-refractivity contribution in [3.63, 3.8) is 0 Å². The van der Waals surface area contributed by atoms with E-state index in [1.165, 1.54) is 0 Å². The van der Waals surface area contributed by atoms with E-state index >= 15 is 0 Å². The van der Waals surface area contributed by atoms with Gasteiger partial charge in [0.2, 0.25) is 0 Å². The molecule has 1 N–H and O–H groups in total. The van der Waals surface area contributed by atoms with Crippen LogP contribution < -0.4 is 0 Å². The molecule has 0 rings (SSSR count). The molecule has 0 heterocycles. The van der Waals surface area contributed by atoms with Crippen molar-refractivity contribution in [2.75, 3.05) is 0 Å². The van der Waals surface area contributed by atoms with Crippen molar-refractivity contribution < 1.29 is 9.90 Å². The molecule has 0 aliphatic heterocycles. The summed E-state index contributed by atoms with van der Waals surface area (Å²) in [5.41, 5.74) is -0.573. The molecule has 2 nitrogen and oxygen atoms in total. The summed E-state index contributed by atoms with van der Waals surface area (Å²) < 4.78 is 0. The summed E-state index contributed by atoms with van der Waals surface area (Å²) >= 11 is 0. The van der Waals surface area contributed by atoms with Crippen LogP contribution in [0.4, 0.5) is 0 Å². The van der Waals surface area contributed by atoms with Crippen molar-refractivity contribution in [3.8, 4) is 0 Å². The first-order valence-corrected chi connectivity index (χ1v) is 4.16. The Morgan fingerprint density at radius 2 is 1.92 bits per heavy atom. The van der Waals surface area contributed by atoms with Gasteiger partial charge >= 0.3 is 43.7 Å². The molecular weight excluding hydrogens is 180 g/mol. The Morgan fingerprint density at radius 1 is 1.50 bits per heavy atom. The average molecular weight is 200 g/mol. The second kappa shape index (κ2) is 6.22. The second-order valence-electron chi connectivity index (χ2n) is 3.72. The molecule has 0 radical (unpaired) electrons. The van der Waals surface area contributed by atoms with E-state index < -0.39 is 11.4 Å². The number of carbonyl (C=O) groups is 1. The number of aliphatic carboxylic acids is 1. The van der Waals surface area contributed by atoms with Crippen LogP contribution in [-0.4, -0.2) is 48.8 Å². The Bertz CT molecular complexity index is 143. The fourth-order valence-corrected chi connectivity index (χ4v) is 1.00. The Kier molecular flexibility index (Phi) is 7.89. The molecular formula is C9H20CaO2. The summed E-state index contributed by atoms with van der Waals surface area (Å²) in [6.07, 6.45) is 2.04. The summed E-state index contributed by atoms with van der Waals surface area (Å²) in [5.74, 6) is -0.441. The summed E-state index contributed by atoms with van der Waals surface area (Å²) in [7, 11) is 0. The van der Waals surface area contributed by atoms with Crippen molar-refractivity contribution in [1.82, 2.24) is 0 Å².